The van der Waals surface area contributed by atoms with Crippen molar-refractivity contribution in [3.8, 4) is 0 Å². The van der Waals surface area contributed by atoms with E-state index in [1.54, 1.807) is 6.07 Å². The van der Waals surface area contributed by atoms with E-state index in [2.05, 4.69) is 43.8 Å². The molecule has 208 valence electrons. The first kappa shape index (κ1) is 29.5. The maximum Gasteiger partial charge on any atom is 0.319 e. The average Bonchev–Trinajstić information content (AvgIpc) is 3.46. The highest BCUT2D eigenvalue weighted by molar-refractivity contribution is 5.98. The van der Waals surface area contributed by atoms with Gasteiger partial charge >= 0.3 is 6.03 Å². The molecule has 2 aromatic heterocycles. The molecular formula is C31H42N6O2. The number of piperidine rings is 1. The molecule has 1 aromatic carbocycles. The van der Waals surface area contributed by atoms with Crippen LogP contribution in [0.25, 0.3) is 10.9 Å². The van der Waals surface area contributed by atoms with Crippen molar-refractivity contribution in [3.05, 3.63) is 84.5 Å². The van der Waals surface area contributed by atoms with Crippen molar-refractivity contribution in [1.29, 1.82) is 0 Å². The summed E-state index contributed by atoms with van der Waals surface area (Å²) in [5.74, 6) is 0.242. The van der Waals surface area contributed by atoms with Gasteiger partial charge in [-0.05, 0) is 67.0 Å². The SMILES string of the molecule is CC.CCC/C=C\C=C(/CNC(=O)c1ccc2cc[nH]c2c1)NC(=O)NCC1CCN(c2ccncc2)CC1. The van der Waals surface area contributed by atoms with E-state index in [0.29, 0.717) is 23.7 Å². The van der Waals surface area contributed by atoms with Gasteiger partial charge in [-0.1, -0.05) is 45.4 Å². The lowest BCUT2D eigenvalue weighted by atomic mass is 9.96. The van der Waals surface area contributed by atoms with Crippen molar-refractivity contribution >= 4 is 28.5 Å². The molecule has 0 unspecified atom stereocenters. The maximum atomic E-state index is 12.7. The van der Waals surface area contributed by atoms with Gasteiger partial charge in [0.05, 0.1) is 6.54 Å². The zero-order valence-electron chi connectivity index (χ0n) is 23.4. The summed E-state index contributed by atoms with van der Waals surface area (Å²) in [6.45, 7) is 8.88. The highest BCUT2D eigenvalue weighted by Crippen LogP contribution is 2.22. The molecule has 1 aliphatic rings. The van der Waals surface area contributed by atoms with Crippen LogP contribution in [0.15, 0.2) is 78.9 Å². The van der Waals surface area contributed by atoms with Crippen LogP contribution in [0.4, 0.5) is 10.5 Å². The third-order valence-electron chi connectivity index (χ3n) is 6.61. The summed E-state index contributed by atoms with van der Waals surface area (Å²) in [5, 5.41) is 9.91. The molecule has 0 spiro atoms. The second-order valence-electron chi connectivity index (χ2n) is 9.34. The molecule has 4 N–H and O–H groups in total. The van der Waals surface area contributed by atoms with E-state index in [1.807, 2.05) is 74.9 Å². The molecule has 0 atom stereocenters. The number of carbonyl (C=O) groups is 2. The number of rotatable bonds is 10. The molecule has 1 aliphatic heterocycles. The molecule has 8 heteroatoms. The molecule has 0 radical (unpaired) electrons. The van der Waals surface area contributed by atoms with E-state index in [9.17, 15) is 9.59 Å². The number of nitrogens with zero attached hydrogens (tertiary/aromatic N) is 2. The Morgan fingerprint density at radius 3 is 2.59 bits per heavy atom. The number of benzene rings is 1. The van der Waals surface area contributed by atoms with E-state index in [4.69, 9.17) is 0 Å². The lowest BCUT2D eigenvalue weighted by Gasteiger charge is -2.33. The number of urea groups is 1. The Labute approximate surface area is 232 Å². The Kier molecular flexibility index (Phi) is 12.1. The summed E-state index contributed by atoms with van der Waals surface area (Å²) in [4.78, 5) is 35.0. The number of allylic oxidation sites excluding steroid dienone is 3. The summed E-state index contributed by atoms with van der Waals surface area (Å²) < 4.78 is 0. The van der Waals surface area contributed by atoms with E-state index >= 15 is 0 Å². The van der Waals surface area contributed by atoms with E-state index in [-0.39, 0.29) is 18.5 Å². The summed E-state index contributed by atoms with van der Waals surface area (Å²) in [6, 6.07) is 11.3. The third-order valence-corrected chi connectivity index (χ3v) is 6.61. The van der Waals surface area contributed by atoms with Crippen molar-refractivity contribution in [2.24, 2.45) is 5.92 Å². The van der Waals surface area contributed by atoms with Crippen LogP contribution in [0.2, 0.25) is 0 Å². The van der Waals surface area contributed by atoms with Gasteiger partial charge in [0.1, 0.15) is 0 Å². The van der Waals surface area contributed by atoms with Gasteiger partial charge in [-0.25, -0.2) is 4.79 Å². The molecule has 39 heavy (non-hydrogen) atoms. The van der Waals surface area contributed by atoms with Gasteiger partial charge in [-0.15, -0.1) is 0 Å². The summed E-state index contributed by atoms with van der Waals surface area (Å²) in [5.41, 5.74) is 3.31. The number of aromatic nitrogens is 2. The first-order valence-corrected chi connectivity index (χ1v) is 14.0. The Hall–Kier alpha value is -4.07. The number of unbranched alkanes of at least 4 members (excludes halogenated alkanes) is 1. The van der Waals surface area contributed by atoms with Gasteiger partial charge in [-0.3, -0.25) is 9.78 Å². The van der Waals surface area contributed by atoms with Crippen molar-refractivity contribution in [2.75, 3.05) is 31.1 Å². The second-order valence-corrected chi connectivity index (χ2v) is 9.34. The summed E-state index contributed by atoms with van der Waals surface area (Å²) >= 11 is 0. The smallest absolute Gasteiger partial charge is 0.319 e. The molecular weight excluding hydrogens is 488 g/mol. The predicted molar refractivity (Wildman–Crippen MR) is 160 cm³/mol. The Balaban J connectivity index is 0.00000205. The molecule has 3 amide bonds. The number of anilines is 1. The maximum absolute atomic E-state index is 12.7. The Morgan fingerprint density at radius 1 is 1.08 bits per heavy atom. The van der Waals surface area contributed by atoms with E-state index in [1.165, 1.54) is 5.69 Å². The predicted octanol–water partition coefficient (Wildman–Crippen LogP) is 5.77. The van der Waals surface area contributed by atoms with Crippen molar-refractivity contribution in [2.45, 2.75) is 46.5 Å². The average molecular weight is 531 g/mol. The number of fused-ring (bicyclic) bond motifs is 1. The first-order chi connectivity index (χ1) is 19.1. The first-order valence-electron chi connectivity index (χ1n) is 14.0. The topological polar surface area (TPSA) is 102 Å². The van der Waals surface area contributed by atoms with Crippen molar-refractivity contribution in [1.82, 2.24) is 25.9 Å². The zero-order chi connectivity index (χ0) is 27.9. The molecule has 0 aliphatic carbocycles. The molecule has 0 bridgehead atoms. The molecule has 3 aromatic rings. The summed E-state index contributed by atoms with van der Waals surface area (Å²) in [7, 11) is 0. The number of nitrogens with one attached hydrogen (secondary N) is 4. The molecule has 1 saturated heterocycles. The lowest BCUT2D eigenvalue weighted by molar-refractivity contribution is 0.0956. The van der Waals surface area contributed by atoms with Crippen LogP contribution < -0.4 is 20.9 Å². The van der Waals surface area contributed by atoms with Gasteiger partial charge in [0.25, 0.3) is 5.91 Å². The quantitative estimate of drug-likeness (QED) is 0.250. The van der Waals surface area contributed by atoms with Crippen LogP contribution in [0.5, 0.6) is 0 Å². The number of carbonyl (C=O) groups excluding carboxylic acids is 2. The molecule has 4 rings (SSSR count). The van der Waals surface area contributed by atoms with Gasteiger partial charge < -0.3 is 25.8 Å². The van der Waals surface area contributed by atoms with E-state index < -0.39 is 0 Å². The molecule has 8 nitrogen and oxygen atoms in total. The van der Waals surface area contributed by atoms with Crippen LogP contribution in [-0.2, 0) is 0 Å². The number of aromatic amines is 1. The van der Waals surface area contributed by atoms with E-state index in [0.717, 1.165) is 49.7 Å². The van der Waals surface area contributed by atoms with Gasteiger partial charge in [0, 0.05) is 60.7 Å². The Bertz CT molecular complexity index is 1230. The Morgan fingerprint density at radius 2 is 1.85 bits per heavy atom. The van der Waals surface area contributed by atoms with Gasteiger partial charge in [0.15, 0.2) is 0 Å². The molecule has 1 fully saturated rings. The minimum atomic E-state index is -0.256. The highest BCUT2D eigenvalue weighted by Gasteiger charge is 2.20. The minimum Gasteiger partial charge on any atom is -0.371 e. The van der Waals surface area contributed by atoms with Crippen LogP contribution in [0.1, 0.15) is 56.8 Å². The second kappa shape index (κ2) is 16.0. The molecule has 0 saturated carbocycles. The number of H-pyrrole nitrogens is 1. The van der Waals surface area contributed by atoms with Crippen LogP contribution >= 0.6 is 0 Å². The molecule has 3 heterocycles. The fraction of sp³-hybridized carbons (Fsp3) is 0.387. The fourth-order valence-corrected chi connectivity index (χ4v) is 4.44. The fourth-order valence-electron chi connectivity index (χ4n) is 4.44. The zero-order valence-corrected chi connectivity index (χ0v) is 23.4. The highest BCUT2D eigenvalue weighted by atomic mass is 16.2. The largest absolute Gasteiger partial charge is 0.371 e. The van der Waals surface area contributed by atoms with Gasteiger partial charge in [0.2, 0.25) is 0 Å². The number of hydrogen-bond donors (Lipinski definition) is 4. The standard InChI is InChI=1S/C29H36N6O2.C2H6/c1-2-3-4-5-6-25(21-32-28(36)24-8-7-23-9-16-31-27(23)19-24)34-29(37)33-20-22-12-17-35(18-13-22)26-10-14-30-15-11-26;1-2/h4-11,14-16,19,22,31H,2-3,12-13,17-18,20-21H2,1H3,(H,32,36)(H2,33,34,37);1-2H3/b5-4-,25-6+;. The van der Waals surface area contributed by atoms with Crippen LogP contribution in [0.3, 0.4) is 0 Å². The number of hydrogen-bond acceptors (Lipinski definition) is 4. The van der Waals surface area contributed by atoms with Crippen molar-refractivity contribution < 1.29 is 9.59 Å². The van der Waals surface area contributed by atoms with Crippen LogP contribution in [0, 0.1) is 5.92 Å². The van der Waals surface area contributed by atoms with Crippen LogP contribution in [-0.4, -0.2) is 48.1 Å². The van der Waals surface area contributed by atoms with Gasteiger partial charge in [-0.2, -0.15) is 0 Å². The minimum absolute atomic E-state index is 0.192. The van der Waals surface area contributed by atoms with Crippen molar-refractivity contribution in [3.63, 3.8) is 0 Å². The third kappa shape index (κ3) is 9.32. The monoisotopic (exact) mass is 530 g/mol. The summed E-state index contributed by atoms with van der Waals surface area (Å²) in [6.07, 6.45) is 15.3. The number of amides is 3. The lowest BCUT2D eigenvalue weighted by Crippen LogP contribution is -2.43. The normalized spacial score (nSPS) is 14.1. The number of pyridine rings is 1.